The Morgan fingerprint density at radius 1 is 1.22 bits per heavy atom. The molecule has 1 N–H and O–H groups in total. The lowest BCUT2D eigenvalue weighted by Crippen LogP contribution is -2.50. The van der Waals surface area contributed by atoms with Crippen molar-refractivity contribution in [3.63, 3.8) is 0 Å². The smallest absolute Gasteiger partial charge is 0.282 e. The van der Waals surface area contributed by atoms with Gasteiger partial charge in [-0.2, -0.15) is 17.0 Å². The van der Waals surface area contributed by atoms with E-state index in [1.165, 1.54) is 0 Å². The minimum atomic E-state index is -3.24. The van der Waals surface area contributed by atoms with Crippen LogP contribution in [0.25, 0.3) is 0 Å². The lowest BCUT2D eigenvalue weighted by atomic mass is 10.0. The summed E-state index contributed by atoms with van der Waals surface area (Å²) in [6.45, 7) is 4.94. The van der Waals surface area contributed by atoms with Gasteiger partial charge in [0.25, 0.3) is 10.2 Å². The molecule has 2 rings (SSSR count). The van der Waals surface area contributed by atoms with Crippen LogP contribution in [0.4, 0.5) is 0 Å². The predicted octanol–water partition coefficient (Wildman–Crippen LogP) is 0.647. The van der Waals surface area contributed by atoms with Crippen molar-refractivity contribution in [3.8, 4) is 0 Å². The summed E-state index contributed by atoms with van der Waals surface area (Å²) in [5, 5.41) is 3.10. The molecule has 0 amide bonds. The predicted molar refractivity (Wildman–Crippen MR) is 72.5 cm³/mol. The number of nitrogens with zero attached hydrogens (tertiary/aromatic N) is 2. The van der Waals surface area contributed by atoms with Crippen molar-refractivity contribution in [2.75, 3.05) is 33.2 Å². The van der Waals surface area contributed by atoms with Crippen molar-refractivity contribution in [3.05, 3.63) is 0 Å². The zero-order valence-corrected chi connectivity index (χ0v) is 12.2. The zero-order valence-electron chi connectivity index (χ0n) is 11.4. The molecule has 2 aliphatic rings. The lowest BCUT2D eigenvalue weighted by molar-refractivity contribution is 0.253. The van der Waals surface area contributed by atoms with Crippen molar-refractivity contribution >= 4 is 10.2 Å². The van der Waals surface area contributed by atoms with Crippen LogP contribution in [-0.2, 0) is 10.2 Å². The Bertz CT molecular complexity index is 372. The Labute approximate surface area is 111 Å². The summed E-state index contributed by atoms with van der Waals surface area (Å²) in [4.78, 5) is 0. The number of hydrogen-bond acceptors (Lipinski definition) is 3. The van der Waals surface area contributed by atoms with E-state index in [1.54, 1.807) is 8.61 Å². The van der Waals surface area contributed by atoms with Crippen LogP contribution < -0.4 is 5.32 Å². The molecule has 0 saturated carbocycles. The highest BCUT2D eigenvalue weighted by atomic mass is 32.2. The van der Waals surface area contributed by atoms with E-state index >= 15 is 0 Å². The highest BCUT2D eigenvalue weighted by Crippen LogP contribution is 2.26. The standard InChI is InChI=1S/C12H25N3O2S/c1-11-5-3-7-14(10-11)18(16,17)15-8-4-6-12(15)9-13-2/h11-13H,3-10H2,1-2H3. The molecule has 2 aliphatic heterocycles. The van der Waals surface area contributed by atoms with E-state index in [4.69, 9.17) is 0 Å². The molecule has 2 fully saturated rings. The fraction of sp³-hybridized carbons (Fsp3) is 1.00. The molecule has 2 saturated heterocycles. The maximum absolute atomic E-state index is 12.6. The van der Waals surface area contributed by atoms with Gasteiger partial charge in [-0.05, 0) is 38.6 Å². The van der Waals surface area contributed by atoms with Crippen LogP contribution in [0, 0.1) is 5.92 Å². The summed E-state index contributed by atoms with van der Waals surface area (Å²) in [5.74, 6) is 0.485. The Morgan fingerprint density at radius 3 is 2.61 bits per heavy atom. The molecule has 18 heavy (non-hydrogen) atoms. The summed E-state index contributed by atoms with van der Waals surface area (Å²) < 4.78 is 28.7. The molecular weight excluding hydrogens is 250 g/mol. The summed E-state index contributed by atoms with van der Waals surface area (Å²) in [6.07, 6.45) is 4.09. The number of likely N-dealkylation sites (N-methyl/N-ethyl adjacent to an activating group) is 1. The van der Waals surface area contributed by atoms with E-state index in [2.05, 4.69) is 12.2 Å². The lowest BCUT2D eigenvalue weighted by Gasteiger charge is -2.35. The van der Waals surface area contributed by atoms with Crippen molar-refractivity contribution in [2.24, 2.45) is 5.92 Å². The number of nitrogens with one attached hydrogen (secondary N) is 1. The highest BCUT2D eigenvalue weighted by molar-refractivity contribution is 7.86. The minimum Gasteiger partial charge on any atom is -0.318 e. The van der Waals surface area contributed by atoms with Crippen molar-refractivity contribution in [1.82, 2.24) is 13.9 Å². The molecule has 6 heteroatoms. The van der Waals surface area contributed by atoms with Crippen LogP contribution >= 0.6 is 0 Å². The van der Waals surface area contributed by atoms with Gasteiger partial charge in [0.2, 0.25) is 0 Å². The summed E-state index contributed by atoms with van der Waals surface area (Å²) in [6, 6.07) is 0.136. The quantitative estimate of drug-likeness (QED) is 0.819. The first-order valence-electron chi connectivity index (χ1n) is 6.97. The van der Waals surface area contributed by atoms with Crippen LogP contribution in [0.15, 0.2) is 0 Å². The molecule has 0 aromatic rings. The zero-order chi connectivity index (χ0) is 13.2. The van der Waals surface area contributed by atoms with Crippen LogP contribution in [0.1, 0.15) is 32.6 Å². The van der Waals surface area contributed by atoms with Gasteiger partial charge in [-0.15, -0.1) is 0 Å². The largest absolute Gasteiger partial charge is 0.318 e. The van der Waals surface area contributed by atoms with Crippen molar-refractivity contribution in [2.45, 2.75) is 38.6 Å². The normalized spacial score (nSPS) is 31.9. The Hall–Kier alpha value is -0.170. The van der Waals surface area contributed by atoms with Crippen LogP contribution in [0.5, 0.6) is 0 Å². The van der Waals surface area contributed by atoms with E-state index in [0.717, 1.165) is 32.2 Å². The molecule has 2 unspecified atom stereocenters. The second-order valence-electron chi connectivity index (χ2n) is 5.58. The molecule has 0 aliphatic carbocycles. The van der Waals surface area contributed by atoms with Crippen molar-refractivity contribution < 1.29 is 8.42 Å². The molecule has 0 aromatic heterocycles. The molecule has 0 spiro atoms. The summed E-state index contributed by atoms with van der Waals surface area (Å²) >= 11 is 0. The second-order valence-corrected chi connectivity index (χ2v) is 7.46. The molecular formula is C12H25N3O2S. The van der Waals surface area contributed by atoms with Gasteiger partial charge in [0.05, 0.1) is 0 Å². The third kappa shape index (κ3) is 2.87. The van der Waals surface area contributed by atoms with Crippen LogP contribution in [0.2, 0.25) is 0 Å². The van der Waals surface area contributed by atoms with Crippen molar-refractivity contribution in [1.29, 1.82) is 0 Å². The highest BCUT2D eigenvalue weighted by Gasteiger charge is 2.38. The van der Waals surface area contributed by atoms with E-state index in [9.17, 15) is 8.42 Å². The number of piperidine rings is 1. The SMILES string of the molecule is CNCC1CCCN1S(=O)(=O)N1CCCC(C)C1. The first-order chi connectivity index (χ1) is 8.55. The molecule has 0 bridgehead atoms. The topological polar surface area (TPSA) is 52.7 Å². The minimum absolute atomic E-state index is 0.136. The maximum atomic E-state index is 12.6. The van der Waals surface area contributed by atoms with Gasteiger partial charge >= 0.3 is 0 Å². The fourth-order valence-corrected chi connectivity index (χ4v) is 5.07. The molecule has 0 aromatic carbocycles. The Balaban J connectivity index is 2.09. The maximum Gasteiger partial charge on any atom is 0.282 e. The van der Waals surface area contributed by atoms with Gasteiger partial charge in [-0.1, -0.05) is 6.92 Å². The summed E-state index contributed by atoms with van der Waals surface area (Å²) in [5.41, 5.74) is 0. The average molecular weight is 275 g/mol. The Kier molecular flexibility index (Phi) is 4.64. The molecule has 0 radical (unpaired) electrons. The van der Waals surface area contributed by atoms with Gasteiger partial charge in [0.1, 0.15) is 0 Å². The average Bonchev–Trinajstić information content (AvgIpc) is 2.78. The monoisotopic (exact) mass is 275 g/mol. The third-order valence-corrected chi connectivity index (χ3v) is 6.06. The van der Waals surface area contributed by atoms with E-state index in [-0.39, 0.29) is 6.04 Å². The third-order valence-electron chi connectivity index (χ3n) is 4.01. The molecule has 5 nitrogen and oxygen atoms in total. The van der Waals surface area contributed by atoms with E-state index in [1.807, 2.05) is 7.05 Å². The van der Waals surface area contributed by atoms with Gasteiger partial charge in [-0.25, -0.2) is 0 Å². The first kappa shape index (κ1) is 14.2. The van der Waals surface area contributed by atoms with Gasteiger partial charge in [0.15, 0.2) is 0 Å². The van der Waals surface area contributed by atoms with Crippen LogP contribution in [-0.4, -0.2) is 56.3 Å². The molecule has 106 valence electrons. The Morgan fingerprint density at radius 2 is 1.94 bits per heavy atom. The van der Waals surface area contributed by atoms with E-state index < -0.39 is 10.2 Å². The van der Waals surface area contributed by atoms with Gasteiger partial charge < -0.3 is 5.32 Å². The van der Waals surface area contributed by atoms with Gasteiger partial charge in [0, 0.05) is 32.2 Å². The van der Waals surface area contributed by atoms with Gasteiger partial charge in [-0.3, -0.25) is 0 Å². The second kappa shape index (κ2) is 5.86. The fourth-order valence-electron chi connectivity index (χ4n) is 3.06. The molecule has 2 heterocycles. The molecule has 2 atom stereocenters. The number of rotatable bonds is 4. The number of hydrogen-bond donors (Lipinski definition) is 1. The first-order valence-corrected chi connectivity index (χ1v) is 8.37. The van der Waals surface area contributed by atoms with Crippen LogP contribution in [0.3, 0.4) is 0 Å². The summed E-state index contributed by atoms with van der Waals surface area (Å²) in [7, 11) is -1.36. The van der Waals surface area contributed by atoms with E-state index in [0.29, 0.717) is 25.6 Å².